The molecule has 0 fully saturated rings. The van der Waals surface area contributed by atoms with Crippen molar-refractivity contribution in [1.82, 2.24) is 0 Å². The van der Waals surface area contributed by atoms with Gasteiger partial charge in [0.05, 0.1) is 5.75 Å². The second-order valence-electron chi connectivity index (χ2n) is 2.26. The summed E-state index contributed by atoms with van der Waals surface area (Å²) in [5.41, 5.74) is 0. The predicted octanol–water partition coefficient (Wildman–Crippen LogP) is 0.920. The zero-order valence-corrected chi connectivity index (χ0v) is 6.48. The molecule has 0 aliphatic rings. The molecule has 3 nitrogen and oxygen atoms in total. The quantitative estimate of drug-likeness (QED) is 0.612. The van der Waals surface area contributed by atoms with Crippen LogP contribution >= 0.6 is 0 Å². The van der Waals surface area contributed by atoms with Gasteiger partial charge in [0.1, 0.15) is 0 Å². The Morgan fingerprint density at radius 1 is 1.56 bits per heavy atom. The Balaban J connectivity index is 3.75. The summed E-state index contributed by atoms with van der Waals surface area (Å²) in [6.07, 6.45) is 0.778. The van der Waals surface area contributed by atoms with Crippen molar-refractivity contribution in [3.63, 3.8) is 0 Å². The van der Waals surface area contributed by atoms with E-state index in [1.807, 2.05) is 6.92 Å². The van der Waals surface area contributed by atoms with Gasteiger partial charge in [-0.2, -0.15) is 8.42 Å². The minimum Gasteiger partial charge on any atom is -0.286 e. The first-order valence-corrected chi connectivity index (χ1v) is 4.51. The highest BCUT2D eigenvalue weighted by Crippen LogP contribution is 2.02. The molecule has 0 aliphatic carbocycles. The lowest BCUT2D eigenvalue weighted by molar-refractivity contribution is 0.467. The van der Waals surface area contributed by atoms with E-state index >= 15 is 0 Å². The minimum atomic E-state index is -3.74. The summed E-state index contributed by atoms with van der Waals surface area (Å²) in [6.45, 7) is 3.67. The molecule has 0 saturated carbocycles. The average Bonchev–Trinajstić information content (AvgIpc) is 1.62. The standard InChI is InChI=1S/C5H12O3S/c1-3-5(2)4-9(6,7)8/h5H,3-4H2,1-2H3,(H,6,7,8)/t5-/m1/s1. The van der Waals surface area contributed by atoms with Crippen LogP contribution in [0.3, 0.4) is 0 Å². The highest BCUT2D eigenvalue weighted by Gasteiger charge is 2.09. The number of rotatable bonds is 3. The predicted molar refractivity (Wildman–Crippen MR) is 35.9 cm³/mol. The summed E-state index contributed by atoms with van der Waals surface area (Å²) < 4.78 is 28.6. The van der Waals surface area contributed by atoms with Crippen molar-refractivity contribution in [2.45, 2.75) is 20.3 Å². The van der Waals surface area contributed by atoms with Gasteiger partial charge < -0.3 is 0 Å². The molecule has 0 radical (unpaired) electrons. The van der Waals surface area contributed by atoms with E-state index in [-0.39, 0.29) is 11.7 Å². The van der Waals surface area contributed by atoms with E-state index in [0.717, 1.165) is 6.42 Å². The molecule has 0 rings (SSSR count). The van der Waals surface area contributed by atoms with Gasteiger partial charge in [0.2, 0.25) is 0 Å². The average molecular weight is 152 g/mol. The first kappa shape index (κ1) is 8.91. The number of hydrogen-bond donors (Lipinski definition) is 1. The zero-order chi connectivity index (χ0) is 7.49. The highest BCUT2D eigenvalue weighted by molar-refractivity contribution is 7.85. The Hall–Kier alpha value is -0.0900. The summed E-state index contributed by atoms with van der Waals surface area (Å²) in [4.78, 5) is 0. The van der Waals surface area contributed by atoms with Gasteiger partial charge in [-0.05, 0) is 5.92 Å². The lowest BCUT2D eigenvalue weighted by Gasteiger charge is -2.02. The molecule has 0 aromatic heterocycles. The largest absolute Gasteiger partial charge is 0.286 e. The molecule has 4 heteroatoms. The number of hydrogen-bond acceptors (Lipinski definition) is 2. The molecule has 0 bridgehead atoms. The molecule has 1 N–H and O–H groups in total. The second kappa shape index (κ2) is 3.17. The normalized spacial score (nSPS) is 15.4. The fourth-order valence-corrected chi connectivity index (χ4v) is 1.43. The van der Waals surface area contributed by atoms with Crippen molar-refractivity contribution in [1.29, 1.82) is 0 Å². The van der Waals surface area contributed by atoms with Gasteiger partial charge in [0.25, 0.3) is 10.1 Å². The molecule has 0 saturated heterocycles. The van der Waals surface area contributed by atoms with E-state index in [2.05, 4.69) is 0 Å². The lowest BCUT2D eigenvalue weighted by atomic mass is 10.2. The molecule has 56 valence electrons. The van der Waals surface area contributed by atoms with Crippen LogP contribution in [0.2, 0.25) is 0 Å². The van der Waals surface area contributed by atoms with Gasteiger partial charge in [-0.25, -0.2) is 0 Å². The van der Waals surface area contributed by atoms with Gasteiger partial charge in [0, 0.05) is 0 Å². The van der Waals surface area contributed by atoms with Crippen LogP contribution in [-0.4, -0.2) is 18.7 Å². The van der Waals surface area contributed by atoms with E-state index in [9.17, 15) is 8.42 Å². The van der Waals surface area contributed by atoms with E-state index in [1.54, 1.807) is 6.92 Å². The SMILES string of the molecule is CC[C@@H](C)CS(=O)(=O)O. The van der Waals surface area contributed by atoms with Gasteiger partial charge in [-0.1, -0.05) is 20.3 Å². The first-order valence-electron chi connectivity index (χ1n) is 2.91. The third-order valence-corrected chi connectivity index (χ3v) is 2.18. The molecular weight excluding hydrogens is 140 g/mol. The molecule has 9 heavy (non-hydrogen) atoms. The molecule has 0 heterocycles. The van der Waals surface area contributed by atoms with Crippen LogP contribution in [-0.2, 0) is 10.1 Å². The molecule has 0 amide bonds. The van der Waals surface area contributed by atoms with Crippen LogP contribution in [0.15, 0.2) is 0 Å². The Labute approximate surface area is 55.8 Å². The summed E-state index contributed by atoms with van der Waals surface area (Å²) in [5, 5.41) is 0. The van der Waals surface area contributed by atoms with Gasteiger partial charge in [-0.3, -0.25) is 4.55 Å². The Bertz CT molecular complexity index is 159. The zero-order valence-electron chi connectivity index (χ0n) is 5.66. The Morgan fingerprint density at radius 3 is 2.11 bits per heavy atom. The maximum atomic E-state index is 10.2. The summed E-state index contributed by atoms with van der Waals surface area (Å²) in [5.74, 6) is -0.0660. The fourth-order valence-electron chi connectivity index (χ4n) is 0.477. The van der Waals surface area contributed by atoms with Crippen LogP contribution in [0.4, 0.5) is 0 Å². The molecule has 1 atom stereocenters. The second-order valence-corrected chi connectivity index (χ2v) is 3.76. The summed E-state index contributed by atoms with van der Waals surface area (Å²) >= 11 is 0. The van der Waals surface area contributed by atoms with E-state index in [0.29, 0.717) is 0 Å². The van der Waals surface area contributed by atoms with Crippen molar-refractivity contribution in [3.8, 4) is 0 Å². The molecule has 0 unspecified atom stereocenters. The smallest absolute Gasteiger partial charge is 0.265 e. The van der Waals surface area contributed by atoms with Crippen LogP contribution < -0.4 is 0 Å². The summed E-state index contributed by atoms with van der Waals surface area (Å²) in [6, 6.07) is 0. The van der Waals surface area contributed by atoms with Gasteiger partial charge >= 0.3 is 0 Å². The van der Waals surface area contributed by atoms with Crippen molar-refractivity contribution < 1.29 is 13.0 Å². The van der Waals surface area contributed by atoms with Crippen LogP contribution in [0.1, 0.15) is 20.3 Å². The van der Waals surface area contributed by atoms with Crippen molar-refractivity contribution >= 4 is 10.1 Å². The molecule has 0 aromatic rings. The topological polar surface area (TPSA) is 54.4 Å². The monoisotopic (exact) mass is 152 g/mol. The van der Waals surface area contributed by atoms with E-state index in [4.69, 9.17) is 4.55 Å². The van der Waals surface area contributed by atoms with Crippen LogP contribution in [0.25, 0.3) is 0 Å². The Morgan fingerprint density at radius 2 is 2.00 bits per heavy atom. The molecule has 0 spiro atoms. The third kappa shape index (κ3) is 5.79. The maximum Gasteiger partial charge on any atom is 0.265 e. The minimum absolute atomic E-state index is 0.0556. The summed E-state index contributed by atoms with van der Waals surface area (Å²) in [7, 11) is -3.74. The molecular formula is C5H12O3S. The fraction of sp³-hybridized carbons (Fsp3) is 1.00. The van der Waals surface area contributed by atoms with Crippen molar-refractivity contribution in [2.24, 2.45) is 5.92 Å². The van der Waals surface area contributed by atoms with Crippen LogP contribution in [0.5, 0.6) is 0 Å². The Kier molecular flexibility index (Phi) is 3.14. The van der Waals surface area contributed by atoms with E-state index in [1.165, 1.54) is 0 Å². The molecule has 0 aliphatic heterocycles. The highest BCUT2D eigenvalue weighted by atomic mass is 32.2. The van der Waals surface area contributed by atoms with Gasteiger partial charge in [0.15, 0.2) is 0 Å². The van der Waals surface area contributed by atoms with Gasteiger partial charge in [-0.15, -0.1) is 0 Å². The molecule has 0 aromatic carbocycles. The van der Waals surface area contributed by atoms with E-state index < -0.39 is 10.1 Å². The maximum absolute atomic E-state index is 10.2. The first-order chi connectivity index (χ1) is 3.95. The van der Waals surface area contributed by atoms with Crippen molar-refractivity contribution in [3.05, 3.63) is 0 Å². The van der Waals surface area contributed by atoms with Crippen LogP contribution in [0, 0.1) is 5.92 Å². The third-order valence-electron chi connectivity index (χ3n) is 1.19. The lowest BCUT2D eigenvalue weighted by Crippen LogP contribution is -2.11. The van der Waals surface area contributed by atoms with Crippen molar-refractivity contribution in [2.75, 3.05) is 5.75 Å².